The number of aryl methyl sites for hydroxylation is 4. The zero-order valence-electron chi connectivity index (χ0n) is 17.5. The lowest BCUT2D eigenvalue weighted by Gasteiger charge is -2.22. The monoisotopic (exact) mass is 395 g/mol. The Labute approximate surface area is 171 Å². The molecule has 1 saturated heterocycles. The summed E-state index contributed by atoms with van der Waals surface area (Å²) in [5.74, 6) is 1.40. The first-order valence-corrected chi connectivity index (χ1v) is 10.5. The van der Waals surface area contributed by atoms with Crippen molar-refractivity contribution in [3.05, 3.63) is 40.5 Å². The summed E-state index contributed by atoms with van der Waals surface area (Å²) in [4.78, 5) is 27.2. The fourth-order valence-corrected chi connectivity index (χ4v) is 4.68. The van der Waals surface area contributed by atoms with Crippen LogP contribution in [0, 0.1) is 26.7 Å². The maximum absolute atomic E-state index is 12.8. The van der Waals surface area contributed by atoms with Crippen molar-refractivity contribution in [3.8, 4) is 0 Å². The van der Waals surface area contributed by atoms with Crippen molar-refractivity contribution >= 4 is 17.5 Å². The molecule has 0 spiro atoms. The Morgan fingerprint density at radius 1 is 1.14 bits per heavy atom. The van der Waals surface area contributed by atoms with Gasteiger partial charge in [-0.05, 0) is 44.7 Å². The van der Waals surface area contributed by atoms with Crippen LogP contribution in [0.2, 0.25) is 0 Å². The van der Waals surface area contributed by atoms with Crippen LogP contribution in [-0.4, -0.2) is 33.1 Å². The van der Waals surface area contributed by atoms with Crippen LogP contribution in [0.1, 0.15) is 54.0 Å². The third-order valence-corrected chi connectivity index (χ3v) is 6.01. The van der Waals surface area contributed by atoms with Gasteiger partial charge in [-0.1, -0.05) is 24.1 Å². The number of amides is 2. The fraction of sp³-hybridized carbons (Fsp3) is 0.545. The second kappa shape index (κ2) is 7.97. The Morgan fingerprint density at radius 2 is 1.90 bits per heavy atom. The number of nitrogens with one attached hydrogen (secondary N) is 1. The second-order valence-corrected chi connectivity index (χ2v) is 8.37. The molecule has 1 aromatic carbocycles. The molecule has 1 aromatic heterocycles. The minimum absolute atomic E-state index is 0.0107. The van der Waals surface area contributed by atoms with Crippen molar-refractivity contribution in [1.82, 2.24) is 20.1 Å². The maximum Gasteiger partial charge on any atom is 0.227 e. The average molecular weight is 396 g/mol. The smallest absolute Gasteiger partial charge is 0.227 e. The van der Waals surface area contributed by atoms with E-state index in [4.69, 9.17) is 0 Å². The summed E-state index contributed by atoms with van der Waals surface area (Å²) in [6.45, 7) is 7.79. The Hall–Kier alpha value is -2.70. The number of fused-ring (bicyclic) bond motifs is 1. The highest BCUT2D eigenvalue weighted by Crippen LogP contribution is 2.32. The molecule has 29 heavy (non-hydrogen) atoms. The molecule has 0 bridgehead atoms. The molecule has 7 heteroatoms. The SMILES string of the molecule is Cc1cc(C)c(N2CC(C(=O)NCc3nnc4n3CCCCC4)CC2=O)c(C)c1. The van der Waals surface area contributed by atoms with E-state index in [9.17, 15) is 9.59 Å². The number of hydrogen-bond acceptors (Lipinski definition) is 4. The highest BCUT2D eigenvalue weighted by atomic mass is 16.2. The van der Waals surface area contributed by atoms with Crippen molar-refractivity contribution < 1.29 is 9.59 Å². The molecular weight excluding hydrogens is 366 g/mol. The van der Waals surface area contributed by atoms with Crippen LogP contribution >= 0.6 is 0 Å². The molecule has 154 valence electrons. The topological polar surface area (TPSA) is 80.1 Å². The van der Waals surface area contributed by atoms with Gasteiger partial charge in [-0.15, -0.1) is 10.2 Å². The molecule has 2 aromatic rings. The van der Waals surface area contributed by atoms with E-state index in [2.05, 4.69) is 39.1 Å². The van der Waals surface area contributed by atoms with Crippen LogP contribution in [0.4, 0.5) is 5.69 Å². The number of carbonyl (C=O) groups excluding carboxylic acids is 2. The average Bonchev–Trinajstić information content (AvgIpc) is 3.14. The molecule has 0 aliphatic carbocycles. The van der Waals surface area contributed by atoms with Crippen molar-refractivity contribution in [3.63, 3.8) is 0 Å². The van der Waals surface area contributed by atoms with Gasteiger partial charge in [0.25, 0.3) is 0 Å². The predicted molar refractivity (Wildman–Crippen MR) is 111 cm³/mol. The van der Waals surface area contributed by atoms with Crippen molar-refractivity contribution in [2.75, 3.05) is 11.4 Å². The molecule has 1 N–H and O–H groups in total. The maximum atomic E-state index is 12.8. The van der Waals surface area contributed by atoms with Crippen LogP contribution < -0.4 is 10.2 Å². The largest absolute Gasteiger partial charge is 0.348 e. The van der Waals surface area contributed by atoms with Gasteiger partial charge in [0.2, 0.25) is 11.8 Å². The summed E-state index contributed by atoms with van der Waals surface area (Å²) in [6, 6.07) is 4.17. The summed E-state index contributed by atoms with van der Waals surface area (Å²) in [7, 11) is 0. The Bertz CT molecular complexity index is 926. The van der Waals surface area contributed by atoms with E-state index in [-0.39, 0.29) is 24.2 Å². The van der Waals surface area contributed by atoms with Gasteiger partial charge in [-0.3, -0.25) is 9.59 Å². The van der Waals surface area contributed by atoms with Gasteiger partial charge in [0.15, 0.2) is 5.82 Å². The first-order valence-electron chi connectivity index (χ1n) is 10.5. The zero-order chi connectivity index (χ0) is 20.5. The van der Waals surface area contributed by atoms with Gasteiger partial charge in [-0.2, -0.15) is 0 Å². The van der Waals surface area contributed by atoms with Gasteiger partial charge in [0.05, 0.1) is 12.5 Å². The minimum Gasteiger partial charge on any atom is -0.348 e. The number of aromatic nitrogens is 3. The third kappa shape index (κ3) is 3.91. The predicted octanol–water partition coefficient (Wildman–Crippen LogP) is 2.60. The summed E-state index contributed by atoms with van der Waals surface area (Å²) in [5, 5.41) is 11.5. The van der Waals surface area contributed by atoms with Crippen molar-refractivity contribution in [2.45, 2.75) is 66.0 Å². The van der Waals surface area contributed by atoms with E-state index >= 15 is 0 Å². The first kappa shape index (κ1) is 19.6. The van der Waals surface area contributed by atoms with Gasteiger partial charge in [0, 0.05) is 31.6 Å². The standard InChI is InChI=1S/C22H29N5O2/c1-14-9-15(2)21(16(3)10-14)27-13-17(11-20(27)28)22(29)23-12-19-25-24-18-7-5-4-6-8-26(18)19/h9-10,17H,4-8,11-13H2,1-3H3,(H,23,29). The highest BCUT2D eigenvalue weighted by Gasteiger charge is 2.36. The van der Waals surface area contributed by atoms with Gasteiger partial charge in [0.1, 0.15) is 5.82 Å². The van der Waals surface area contributed by atoms with E-state index in [0.717, 1.165) is 54.3 Å². The number of rotatable bonds is 4. The molecule has 0 radical (unpaired) electrons. The van der Waals surface area contributed by atoms with Crippen LogP contribution in [0.25, 0.3) is 0 Å². The van der Waals surface area contributed by atoms with Crippen molar-refractivity contribution in [2.24, 2.45) is 5.92 Å². The minimum atomic E-state index is -0.339. The number of benzene rings is 1. The van der Waals surface area contributed by atoms with Crippen LogP contribution in [0.3, 0.4) is 0 Å². The molecule has 1 fully saturated rings. The zero-order valence-corrected chi connectivity index (χ0v) is 17.5. The van der Waals surface area contributed by atoms with Crippen LogP contribution in [-0.2, 0) is 29.1 Å². The van der Waals surface area contributed by atoms with E-state index < -0.39 is 0 Å². The first-order chi connectivity index (χ1) is 13.9. The number of carbonyl (C=O) groups is 2. The molecular formula is C22H29N5O2. The van der Waals surface area contributed by atoms with E-state index in [1.165, 1.54) is 12.0 Å². The summed E-state index contributed by atoms with van der Waals surface area (Å²) in [6.07, 6.45) is 4.65. The van der Waals surface area contributed by atoms with Gasteiger partial charge < -0.3 is 14.8 Å². The third-order valence-electron chi connectivity index (χ3n) is 6.01. The quantitative estimate of drug-likeness (QED) is 0.863. The summed E-state index contributed by atoms with van der Waals surface area (Å²) in [5.41, 5.74) is 4.27. The Balaban J connectivity index is 1.42. The fourth-order valence-electron chi connectivity index (χ4n) is 4.68. The Morgan fingerprint density at radius 3 is 2.66 bits per heavy atom. The molecule has 3 heterocycles. The molecule has 7 nitrogen and oxygen atoms in total. The van der Waals surface area contributed by atoms with Crippen molar-refractivity contribution in [1.29, 1.82) is 0 Å². The van der Waals surface area contributed by atoms with E-state index in [0.29, 0.717) is 13.1 Å². The summed E-state index contributed by atoms with van der Waals surface area (Å²) < 4.78 is 2.14. The molecule has 2 aliphatic heterocycles. The lowest BCUT2D eigenvalue weighted by Crippen LogP contribution is -2.33. The lowest BCUT2D eigenvalue weighted by molar-refractivity contribution is -0.126. The number of nitrogens with zero attached hydrogens (tertiary/aromatic N) is 4. The lowest BCUT2D eigenvalue weighted by atomic mass is 10.0. The molecule has 1 unspecified atom stereocenters. The van der Waals surface area contributed by atoms with E-state index in [1.54, 1.807) is 4.90 Å². The number of hydrogen-bond donors (Lipinski definition) is 1. The van der Waals surface area contributed by atoms with Crippen LogP contribution in [0.15, 0.2) is 12.1 Å². The van der Waals surface area contributed by atoms with Gasteiger partial charge >= 0.3 is 0 Å². The highest BCUT2D eigenvalue weighted by molar-refractivity contribution is 6.01. The van der Waals surface area contributed by atoms with E-state index in [1.807, 2.05) is 13.8 Å². The summed E-state index contributed by atoms with van der Waals surface area (Å²) >= 11 is 0. The van der Waals surface area contributed by atoms with Gasteiger partial charge in [-0.25, -0.2) is 0 Å². The number of anilines is 1. The normalized spacial score (nSPS) is 19.2. The molecule has 1 atom stereocenters. The molecule has 2 amide bonds. The molecule has 2 aliphatic rings. The van der Waals surface area contributed by atoms with Crippen LogP contribution in [0.5, 0.6) is 0 Å². The Kier molecular flexibility index (Phi) is 5.39. The second-order valence-electron chi connectivity index (χ2n) is 8.37. The molecule has 4 rings (SSSR count). The molecule has 0 saturated carbocycles.